The Morgan fingerprint density at radius 3 is 1.47 bits per heavy atom. The third kappa shape index (κ3) is 4.03. The van der Waals surface area contributed by atoms with Gasteiger partial charge in [0.2, 0.25) is 0 Å². The van der Waals surface area contributed by atoms with Crippen molar-refractivity contribution in [3.05, 3.63) is 127 Å². The van der Waals surface area contributed by atoms with Crippen LogP contribution >= 0.6 is 7.05 Å². The Morgan fingerprint density at radius 2 is 1.00 bits per heavy atom. The third-order valence-corrected chi connectivity index (χ3v) is 9.69. The maximum Gasteiger partial charge on any atom is 0.0874 e. The van der Waals surface area contributed by atoms with Crippen molar-refractivity contribution in [1.82, 2.24) is 0 Å². The molecule has 0 saturated carbocycles. The van der Waals surface area contributed by atoms with Crippen molar-refractivity contribution < 1.29 is 5.11 Å². The summed E-state index contributed by atoms with van der Waals surface area (Å²) in [6.07, 6.45) is -0.632. The van der Waals surface area contributed by atoms with Crippen LogP contribution in [0.25, 0.3) is 0 Å². The van der Waals surface area contributed by atoms with Crippen molar-refractivity contribution in [2.75, 3.05) is 0 Å². The number of hydrogen-bond acceptors (Lipinski definition) is 2. The topological polar surface area (TPSA) is 32.6 Å². The molecule has 0 bridgehead atoms. The predicted molar refractivity (Wildman–Crippen MR) is 128 cm³/mol. The molecular formula is C27H26NOP. The van der Waals surface area contributed by atoms with Gasteiger partial charge in [0.15, 0.2) is 0 Å². The summed E-state index contributed by atoms with van der Waals surface area (Å²) < 4.78 is 5.43. The lowest BCUT2D eigenvalue weighted by molar-refractivity contribution is 0.178. The van der Waals surface area contributed by atoms with Crippen LogP contribution in [-0.4, -0.2) is 10.8 Å². The largest absolute Gasteiger partial charge is 0.388 e. The van der Waals surface area contributed by atoms with Gasteiger partial charge in [0.05, 0.1) is 11.8 Å². The molecule has 0 aliphatic rings. The molecule has 2 atom stereocenters. The molecule has 0 amide bonds. The van der Waals surface area contributed by atoms with Crippen molar-refractivity contribution in [3.8, 4) is 0 Å². The fourth-order valence-electron chi connectivity index (χ4n) is 3.95. The molecule has 3 heteroatoms. The van der Waals surface area contributed by atoms with E-state index in [0.717, 1.165) is 11.3 Å². The fraction of sp³-hybridized carbons (Fsp3) is 0.111. The summed E-state index contributed by atoms with van der Waals surface area (Å²) in [4.78, 5) is 0. The first kappa shape index (κ1) is 20.3. The molecule has 0 aliphatic heterocycles. The zero-order chi connectivity index (χ0) is 20.8. The van der Waals surface area contributed by atoms with E-state index in [2.05, 4.69) is 55.5 Å². The second kappa shape index (κ2) is 9.26. The normalized spacial score (nSPS) is 13.4. The van der Waals surface area contributed by atoms with Gasteiger partial charge in [-0.1, -0.05) is 116 Å². The van der Waals surface area contributed by atoms with E-state index in [1.54, 1.807) is 0 Å². The molecule has 0 heterocycles. The highest BCUT2D eigenvalue weighted by molar-refractivity contribution is 7.81. The summed E-state index contributed by atoms with van der Waals surface area (Å²) in [7, 11) is -2.36. The van der Waals surface area contributed by atoms with E-state index in [1.165, 1.54) is 10.6 Å². The molecular weight excluding hydrogens is 385 g/mol. The summed E-state index contributed by atoms with van der Waals surface area (Å²) in [5.74, 6) is 0. The summed E-state index contributed by atoms with van der Waals surface area (Å²) in [5, 5.41) is 13.8. The molecule has 150 valence electrons. The molecule has 0 aliphatic carbocycles. The molecule has 0 fully saturated rings. The first-order chi connectivity index (χ1) is 14.7. The number of hydrogen-bond donors (Lipinski definition) is 1. The van der Waals surface area contributed by atoms with Gasteiger partial charge in [0.1, 0.15) is 0 Å². The van der Waals surface area contributed by atoms with E-state index in [1.807, 2.05) is 72.8 Å². The van der Waals surface area contributed by atoms with E-state index in [0.29, 0.717) is 0 Å². The molecule has 4 aromatic rings. The van der Waals surface area contributed by atoms with E-state index < -0.39 is 13.2 Å². The molecule has 4 aromatic carbocycles. The van der Waals surface area contributed by atoms with Gasteiger partial charge in [0.25, 0.3) is 0 Å². The number of aliphatic hydroxyl groups is 1. The third-order valence-electron chi connectivity index (χ3n) is 5.52. The quantitative estimate of drug-likeness (QED) is 0.372. The minimum absolute atomic E-state index is 0.107. The van der Waals surface area contributed by atoms with Crippen LogP contribution in [0.4, 0.5) is 5.69 Å². The van der Waals surface area contributed by atoms with Crippen LogP contribution in [0.3, 0.4) is 0 Å². The zero-order valence-electron chi connectivity index (χ0n) is 17.0. The van der Waals surface area contributed by atoms with Crippen LogP contribution in [0.1, 0.15) is 18.6 Å². The van der Waals surface area contributed by atoms with Crippen LogP contribution in [0.15, 0.2) is 126 Å². The molecule has 0 aromatic heterocycles. The maximum atomic E-state index is 11.5. The highest BCUT2D eigenvalue weighted by atomic mass is 31.2. The zero-order valence-corrected chi connectivity index (χ0v) is 17.9. The smallest absolute Gasteiger partial charge is 0.0874 e. The van der Waals surface area contributed by atoms with E-state index >= 15 is 0 Å². The van der Waals surface area contributed by atoms with Gasteiger partial charge >= 0.3 is 0 Å². The first-order valence-corrected chi connectivity index (χ1v) is 12.0. The van der Waals surface area contributed by atoms with Gasteiger partial charge in [-0.25, -0.2) is 0 Å². The Hall–Kier alpha value is -2.93. The van der Waals surface area contributed by atoms with Gasteiger partial charge in [-0.05, 0) is 28.3 Å². The standard InChI is InChI=1S/C27H26NOP/c1-22(27(29)23-14-6-2-7-15-23)30(25-18-10-4-11-19-25,26-20-12-5-13-21-26)28-24-16-8-3-9-17-24/h2-22,27,29H,1H3/t22-,27+/m0/s1. The number of rotatable bonds is 6. The van der Waals surface area contributed by atoms with Crippen molar-refractivity contribution in [2.24, 2.45) is 4.74 Å². The lowest BCUT2D eigenvalue weighted by atomic mass is 10.1. The van der Waals surface area contributed by atoms with Crippen molar-refractivity contribution >= 4 is 23.4 Å². The van der Waals surface area contributed by atoms with E-state index in [-0.39, 0.29) is 5.66 Å². The van der Waals surface area contributed by atoms with E-state index in [4.69, 9.17) is 4.74 Å². The van der Waals surface area contributed by atoms with Gasteiger partial charge in [0, 0.05) is 12.7 Å². The van der Waals surface area contributed by atoms with Crippen molar-refractivity contribution in [3.63, 3.8) is 0 Å². The van der Waals surface area contributed by atoms with Gasteiger partial charge in [-0.2, -0.15) is 0 Å². The van der Waals surface area contributed by atoms with Crippen LogP contribution in [0.5, 0.6) is 0 Å². The first-order valence-electron chi connectivity index (χ1n) is 10.2. The number of aliphatic hydroxyl groups excluding tert-OH is 1. The summed E-state index contributed by atoms with van der Waals surface area (Å²) >= 11 is 0. The lowest BCUT2D eigenvalue weighted by Crippen LogP contribution is -2.28. The monoisotopic (exact) mass is 411 g/mol. The van der Waals surface area contributed by atoms with Crippen LogP contribution in [0.2, 0.25) is 0 Å². The predicted octanol–water partition coefficient (Wildman–Crippen LogP) is 6.29. The van der Waals surface area contributed by atoms with Crippen LogP contribution in [-0.2, 0) is 0 Å². The van der Waals surface area contributed by atoms with Gasteiger partial charge < -0.3 is 5.11 Å². The summed E-state index contributed by atoms with van der Waals surface area (Å²) in [6, 6.07) is 41.0. The Morgan fingerprint density at radius 1 is 0.600 bits per heavy atom. The Bertz CT molecular complexity index is 1070. The number of nitrogens with zero attached hydrogens (tertiary/aromatic N) is 1. The summed E-state index contributed by atoms with van der Waals surface area (Å²) in [6.45, 7) is 2.14. The minimum Gasteiger partial charge on any atom is -0.388 e. The molecule has 4 rings (SSSR count). The molecule has 1 N–H and O–H groups in total. The van der Waals surface area contributed by atoms with Crippen LogP contribution < -0.4 is 10.6 Å². The average Bonchev–Trinajstić information content (AvgIpc) is 2.84. The molecule has 0 radical (unpaired) electrons. The number of benzene rings is 4. The second-order valence-electron chi connectivity index (χ2n) is 7.39. The van der Waals surface area contributed by atoms with Gasteiger partial charge in [-0.3, -0.25) is 4.74 Å². The highest BCUT2D eigenvalue weighted by Crippen LogP contribution is 2.57. The van der Waals surface area contributed by atoms with Crippen LogP contribution in [0, 0.1) is 0 Å². The Labute approximate surface area is 178 Å². The highest BCUT2D eigenvalue weighted by Gasteiger charge is 2.36. The molecule has 0 saturated heterocycles. The van der Waals surface area contributed by atoms with Crippen molar-refractivity contribution in [2.45, 2.75) is 18.7 Å². The molecule has 2 nitrogen and oxygen atoms in total. The SMILES string of the molecule is C[C@@H]([C@@H](O)c1ccccc1)P(=Nc1ccccc1)(c1ccccc1)c1ccccc1. The second-order valence-corrected chi connectivity index (χ2v) is 10.8. The van der Waals surface area contributed by atoms with Gasteiger partial charge in [-0.15, -0.1) is 0 Å². The fourth-order valence-corrected chi connectivity index (χ4v) is 7.93. The summed E-state index contributed by atoms with van der Waals surface area (Å²) in [5.41, 5.74) is 1.75. The van der Waals surface area contributed by atoms with Crippen molar-refractivity contribution in [1.29, 1.82) is 0 Å². The maximum absolute atomic E-state index is 11.5. The van der Waals surface area contributed by atoms with E-state index in [9.17, 15) is 5.11 Å². The molecule has 30 heavy (non-hydrogen) atoms. The Kier molecular flexibility index (Phi) is 6.28. The lowest BCUT2D eigenvalue weighted by Gasteiger charge is -2.35. The Balaban J connectivity index is 2.01. The average molecular weight is 411 g/mol. The molecule has 0 spiro atoms. The minimum atomic E-state index is -2.36. The molecule has 0 unspecified atom stereocenters.